The first-order chi connectivity index (χ1) is 9.72. The van der Waals surface area contributed by atoms with E-state index in [2.05, 4.69) is 10.2 Å². The Balaban J connectivity index is 1.43. The van der Waals surface area contributed by atoms with Gasteiger partial charge in [-0.3, -0.25) is 4.79 Å². The van der Waals surface area contributed by atoms with Crippen molar-refractivity contribution < 1.29 is 9.90 Å². The number of para-hydroxylation sites is 1. The SMILES string of the molecule is O=C(Cc1ccccc1O)NC1CC(N2CCCC2)C1. The number of benzene rings is 1. The van der Waals surface area contributed by atoms with E-state index in [0.717, 1.165) is 12.8 Å². The molecule has 0 bridgehead atoms. The van der Waals surface area contributed by atoms with Crippen molar-refractivity contribution in [3.05, 3.63) is 29.8 Å². The summed E-state index contributed by atoms with van der Waals surface area (Å²) in [4.78, 5) is 14.5. The zero-order chi connectivity index (χ0) is 13.9. The van der Waals surface area contributed by atoms with Gasteiger partial charge in [-0.15, -0.1) is 0 Å². The van der Waals surface area contributed by atoms with Crippen molar-refractivity contribution in [1.29, 1.82) is 0 Å². The van der Waals surface area contributed by atoms with E-state index in [9.17, 15) is 9.90 Å². The van der Waals surface area contributed by atoms with Gasteiger partial charge in [0, 0.05) is 17.6 Å². The van der Waals surface area contributed by atoms with Crippen molar-refractivity contribution >= 4 is 5.91 Å². The number of aromatic hydroxyl groups is 1. The van der Waals surface area contributed by atoms with Crippen LogP contribution in [0.25, 0.3) is 0 Å². The van der Waals surface area contributed by atoms with E-state index >= 15 is 0 Å². The number of nitrogens with zero attached hydrogens (tertiary/aromatic N) is 1. The fourth-order valence-electron chi connectivity index (χ4n) is 3.22. The van der Waals surface area contributed by atoms with E-state index in [4.69, 9.17) is 0 Å². The van der Waals surface area contributed by atoms with Gasteiger partial charge in [0.2, 0.25) is 5.91 Å². The Bertz CT molecular complexity index is 477. The summed E-state index contributed by atoms with van der Waals surface area (Å²) in [6.45, 7) is 2.45. The number of phenols is 1. The standard InChI is InChI=1S/C16H22N2O2/c19-15-6-2-1-5-12(15)9-16(20)17-13-10-14(11-13)18-7-3-4-8-18/h1-2,5-6,13-14,19H,3-4,7-11H2,(H,17,20). The number of amides is 1. The third-order valence-electron chi connectivity index (χ3n) is 4.48. The summed E-state index contributed by atoms with van der Waals surface area (Å²) in [5.74, 6) is 0.211. The van der Waals surface area contributed by atoms with E-state index in [1.807, 2.05) is 6.07 Å². The molecule has 20 heavy (non-hydrogen) atoms. The third kappa shape index (κ3) is 2.96. The lowest BCUT2D eigenvalue weighted by Crippen LogP contribution is -2.53. The normalized spacial score (nSPS) is 26.2. The molecular formula is C16H22N2O2. The van der Waals surface area contributed by atoms with Crippen molar-refractivity contribution in [1.82, 2.24) is 10.2 Å². The molecule has 1 saturated heterocycles. The smallest absolute Gasteiger partial charge is 0.224 e. The summed E-state index contributed by atoms with van der Waals surface area (Å²) in [6.07, 6.45) is 5.05. The maximum Gasteiger partial charge on any atom is 0.224 e. The number of hydrogen-bond donors (Lipinski definition) is 2. The van der Waals surface area contributed by atoms with Crippen LogP contribution < -0.4 is 5.32 Å². The molecular weight excluding hydrogens is 252 g/mol. The number of likely N-dealkylation sites (tertiary alicyclic amines) is 1. The maximum absolute atomic E-state index is 12.0. The molecule has 1 aliphatic heterocycles. The zero-order valence-electron chi connectivity index (χ0n) is 11.7. The summed E-state index contributed by atoms with van der Waals surface area (Å²) in [5.41, 5.74) is 0.695. The highest BCUT2D eigenvalue weighted by Gasteiger charge is 2.35. The van der Waals surface area contributed by atoms with Crippen molar-refractivity contribution in [3.8, 4) is 5.75 Å². The maximum atomic E-state index is 12.0. The molecule has 0 atom stereocenters. The van der Waals surface area contributed by atoms with Gasteiger partial charge in [0.1, 0.15) is 5.75 Å². The Kier molecular flexibility index (Phi) is 3.92. The van der Waals surface area contributed by atoms with Crippen LogP contribution in [0.4, 0.5) is 0 Å². The highest BCUT2D eigenvalue weighted by Crippen LogP contribution is 2.28. The number of phenolic OH excluding ortho intramolecular Hbond substituents is 1. The van der Waals surface area contributed by atoms with Crippen LogP contribution in [0, 0.1) is 0 Å². The molecule has 1 aromatic rings. The van der Waals surface area contributed by atoms with Gasteiger partial charge in [0.15, 0.2) is 0 Å². The quantitative estimate of drug-likeness (QED) is 0.878. The lowest BCUT2D eigenvalue weighted by Gasteiger charge is -2.41. The predicted octanol–water partition coefficient (Wildman–Crippen LogP) is 1.68. The molecule has 0 spiro atoms. The van der Waals surface area contributed by atoms with Crippen molar-refractivity contribution in [2.24, 2.45) is 0 Å². The largest absolute Gasteiger partial charge is 0.508 e. The first-order valence-electron chi connectivity index (χ1n) is 7.52. The second kappa shape index (κ2) is 5.83. The molecule has 2 aliphatic rings. The van der Waals surface area contributed by atoms with Crippen LogP contribution in [0.2, 0.25) is 0 Å². The molecule has 1 saturated carbocycles. The predicted molar refractivity (Wildman–Crippen MR) is 77.6 cm³/mol. The Morgan fingerprint density at radius 2 is 1.95 bits per heavy atom. The van der Waals surface area contributed by atoms with Gasteiger partial charge in [-0.05, 0) is 44.8 Å². The number of carbonyl (C=O) groups excluding carboxylic acids is 1. The molecule has 1 aliphatic carbocycles. The summed E-state index contributed by atoms with van der Waals surface area (Å²) in [6, 6.07) is 8.02. The molecule has 4 nitrogen and oxygen atoms in total. The number of rotatable bonds is 4. The molecule has 2 N–H and O–H groups in total. The summed E-state index contributed by atoms with van der Waals surface area (Å²) >= 11 is 0. The number of carbonyl (C=O) groups is 1. The topological polar surface area (TPSA) is 52.6 Å². The van der Waals surface area contributed by atoms with E-state index in [0.29, 0.717) is 17.6 Å². The van der Waals surface area contributed by atoms with E-state index in [-0.39, 0.29) is 18.1 Å². The average molecular weight is 274 g/mol. The average Bonchev–Trinajstić information content (AvgIpc) is 2.89. The van der Waals surface area contributed by atoms with Gasteiger partial charge in [0.05, 0.1) is 6.42 Å². The lowest BCUT2D eigenvalue weighted by molar-refractivity contribution is -0.122. The molecule has 4 heteroatoms. The van der Waals surface area contributed by atoms with Gasteiger partial charge >= 0.3 is 0 Å². The second-order valence-electron chi connectivity index (χ2n) is 5.94. The lowest BCUT2D eigenvalue weighted by atomic mass is 9.85. The van der Waals surface area contributed by atoms with Crippen LogP contribution in [0.15, 0.2) is 24.3 Å². The molecule has 1 heterocycles. The molecule has 108 valence electrons. The Labute approximate surface area is 119 Å². The van der Waals surface area contributed by atoms with Gasteiger partial charge < -0.3 is 15.3 Å². The molecule has 2 fully saturated rings. The van der Waals surface area contributed by atoms with Gasteiger partial charge in [-0.25, -0.2) is 0 Å². The minimum absolute atomic E-state index is 0.0105. The van der Waals surface area contributed by atoms with Gasteiger partial charge in [0.25, 0.3) is 0 Å². The fraction of sp³-hybridized carbons (Fsp3) is 0.562. The monoisotopic (exact) mass is 274 g/mol. The molecule has 0 aromatic heterocycles. The summed E-state index contributed by atoms with van der Waals surface area (Å²) < 4.78 is 0. The first kappa shape index (κ1) is 13.4. The zero-order valence-corrected chi connectivity index (χ0v) is 11.7. The van der Waals surface area contributed by atoms with Crippen molar-refractivity contribution in [2.75, 3.05) is 13.1 Å². The number of hydrogen-bond acceptors (Lipinski definition) is 3. The van der Waals surface area contributed by atoms with Crippen molar-refractivity contribution in [2.45, 2.75) is 44.2 Å². The summed E-state index contributed by atoms with van der Waals surface area (Å²) in [7, 11) is 0. The molecule has 0 radical (unpaired) electrons. The van der Waals surface area contributed by atoms with Crippen molar-refractivity contribution in [3.63, 3.8) is 0 Å². The Morgan fingerprint density at radius 3 is 2.65 bits per heavy atom. The van der Waals surface area contributed by atoms with Crippen LogP contribution in [-0.4, -0.2) is 41.1 Å². The first-order valence-corrected chi connectivity index (χ1v) is 7.52. The van der Waals surface area contributed by atoms with E-state index in [1.54, 1.807) is 18.2 Å². The Hall–Kier alpha value is -1.55. The van der Waals surface area contributed by atoms with E-state index in [1.165, 1.54) is 25.9 Å². The number of nitrogens with one attached hydrogen (secondary N) is 1. The van der Waals surface area contributed by atoms with Crippen LogP contribution in [-0.2, 0) is 11.2 Å². The highest BCUT2D eigenvalue weighted by atomic mass is 16.3. The minimum Gasteiger partial charge on any atom is -0.508 e. The third-order valence-corrected chi connectivity index (χ3v) is 4.48. The Morgan fingerprint density at radius 1 is 1.25 bits per heavy atom. The highest BCUT2D eigenvalue weighted by molar-refractivity contribution is 5.79. The van der Waals surface area contributed by atoms with Gasteiger partial charge in [-0.1, -0.05) is 18.2 Å². The molecule has 3 rings (SSSR count). The van der Waals surface area contributed by atoms with Crippen LogP contribution in [0.5, 0.6) is 5.75 Å². The van der Waals surface area contributed by atoms with Crippen LogP contribution in [0.3, 0.4) is 0 Å². The second-order valence-corrected chi connectivity index (χ2v) is 5.94. The van der Waals surface area contributed by atoms with E-state index < -0.39 is 0 Å². The summed E-state index contributed by atoms with van der Waals surface area (Å²) in [5, 5.41) is 12.7. The fourth-order valence-corrected chi connectivity index (χ4v) is 3.22. The minimum atomic E-state index is 0.0105. The van der Waals surface area contributed by atoms with Gasteiger partial charge in [-0.2, -0.15) is 0 Å². The molecule has 1 amide bonds. The van der Waals surface area contributed by atoms with Crippen LogP contribution in [0.1, 0.15) is 31.2 Å². The molecule has 1 aromatic carbocycles. The van der Waals surface area contributed by atoms with Crippen LogP contribution >= 0.6 is 0 Å². The molecule has 0 unspecified atom stereocenters.